The van der Waals surface area contributed by atoms with Crippen LogP contribution in [0.1, 0.15) is 54.7 Å². The molecule has 12 heteroatoms. The van der Waals surface area contributed by atoms with E-state index < -0.39 is 18.1 Å². The molecular formula is C38H46N6O5S. The van der Waals surface area contributed by atoms with Gasteiger partial charge in [-0.05, 0) is 68.5 Å². The summed E-state index contributed by atoms with van der Waals surface area (Å²) in [6.07, 6.45) is 3.18. The van der Waals surface area contributed by atoms with Crippen LogP contribution in [0.4, 0.5) is 10.5 Å². The average molecular weight is 699 g/mol. The number of thioether (sulfide) groups is 1. The van der Waals surface area contributed by atoms with Crippen LogP contribution < -0.4 is 16.0 Å². The molecule has 2 aliphatic heterocycles. The number of hydrogen-bond acceptors (Lipinski definition) is 10. The van der Waals surface area contributed by atoms with E-state index >= 15 is 0 Å². The molecule has 3 heterocycles. The van der Waals surface area contributed by atoms with Crippen LogP contribution in [0.5, 0.6) is 0 Å². The molecule has 0 spiro atoms. The smallest absolute Gasteiger partial charge is 0.407 e. The van der Waals surface area contributed by atoms with E-state index in [4.69, 9.17) is 13.9 Å². The maximum absolute atomic E-state index is 14.1. The molecule has 4 aromatic rings. The Kier molecular flexibility index (Phi) is 12.5. The number of rotatable bonds is 14. The summed E-state index contributed by atoms with van der Waals surface area (Å²) in [5.41, 5.74) is 3.47. The van der Waals surface area contributed by atoms with Crippen molar-refractivity contribution in [2.45, 2.75) is 74.6 Å². The monoisotopic (exact) mass is 698 g/mol. The van der Waals surface area contributed by atoms with E-state index in [1.807, 2.05) is 84.9 Å². The molecule has 2 saturated heterocycles. The van der Waals surface area contributed by atoms with E-state index in [0.29, 0.717) is 35.5 Å². The number of carbonyl (C=O) groups is 2. The summed E-state index contributed by atoms with van der Waals surface area (Å²) in [6.45, 7) is 5.74. The summed E-state index contributed by atoms with van der Waals surface area (Å²) in [5, 5.41) is 18.6. The Bertz CT molecular complexity index is 1630. The van der Waals surface area contributed by atoms with Gasteiger partial charge in [0.05, 0.1) is 25.9 Å². The normalized spacial score (nSPS) is 20.0. The lowest BCUT2D eigenvalue weighted by molar-refractivity contribution is -0.118. The Morgan fingerprint density at radius 3 is 2.36 bits per heavy atom. The highest BCUT2D eigenvalue weighted by Crippen LogP contribution is 2.30. The van der Waals surface area contributed by atoms with E-state index in [-0.39, 0.29) is 24.2 Å². The minimum absolute atomic E-state index is 0.0109. The van der Waals surface area contributed by atoms with Crippen molar-refractivity contribution in [3.63, 3.8) is 0 Å². The Labute approximate surface area is 297 Å². The number of para-hydroxylation sites is 1. The molecule has 0 bridgehead atoms. The third-order valence-electron chi connectivity index (χ3n) is 9.37. The van der Waals surface area contributed by atoms with Crippen LogP contribution in [0.15, 0.2) is 94.6 Å². The zero-order valence-electron chi connectivity index (χ0n) is 28.6. The quantitative estimate of drug-likeness (QED) is 0.143. The third kappa shape index (κ3) is 9.51. The number of benzene rings is 3. The predicted octanol–water partition coefficient (Wildman–Crippen LogP) is 5.63. The fourth-order valence-corrected chi connectivity index (χ4v) is 7.56. The van der Waals surface area contributed by atoms with Gasteiger partial charge < -0.3 is 29.8 Å². The molecular weight excluding hydrogens is 653 g/mol. The number of carbonyl (C=O) groups excluding carboxylic acids is 2. The number of amides is 2. The largest absolute Gasteiger partial charge is 0.453 e. The van der Waals surface area contributed by atoms with Crippen LogP contribution in [-0.2, 0) is 27.2 Å². The van der Waals surface area contributed by atoms with Gasteiger partial charge in [0.25, 0.3) is 5.22 Å². The molecule has 2 fully saturated rings. The zero-order valence-corrected chi connectivity index (χ0v) is 29.4. The number of anilines is 1. The van der Waals surface area contributed by atoms with E-state index in [1.165, 1.54) is 31.7 Å². The molecule has 264 valence electrons. The molecule has 1 aromatic heterocycles. The second-order valence-corrected chi connectivity index (χ2v) is 13.8. The molecule has 11 nitrogen and oxygen atoms in total. The van der Waals surface area contributed by atoms with Gasteiger partial charge in [0.1, 0.15) is 6.04 Å². The molecule has 3 aromatic carbocycles. The molecule has 6 rings (SSSR count). The molecule has 0 aliphatic carbocycles. The van der Waals surface area contributed by atoms with Crippen LogP contribution >= 0.6 is 11.8 Å². The first kappa shape index (κ1) is 35.6. The number of aryl methyl sites for hydroxylation is 1. The van der Waals surface area contributed by atoms with E-state index in [0.717, 1.165) is 42.7 Å². The molecule has 2 aliphatic rings. The Morgan fingerprint density at radius 2 is 1.66 bits per heavy atom. The maximum atomic E-state index is 14.1. The van der Waals surface area contributed by atoms with Gasteiger partial charge >= 0.3 is 6.09 Å². The van der Waals surface area contributed by atoms with Crippen molar-refractivity contribution >= 4 is 29.4 Å². The number of nitrogens with one attached hydrogen (secondary N) is 3. The van der Waals surface area contributed by atoms with Crippen molar-refractivity contribution in [3.8, 4) is 0 Å². The van der Waals surface area contributed by atoms with E-state index in [1.54, 1.807) is 0 Å². The summed E-state index contributed by atoms with van der Waals surface area (Å²) in [7, 11) is 1.29. The van der Waals surface area contributed by atoms with Crippen molar-refractivity contribution in [2.24, 2.45) is 0 Å². The van der Waals surface area contributed by atoms with Gasteiger partial charge in [0.15, 0.2) is 0 Å². The fourth-order valence-electron chi connectivity index (χ4n) is 6.63. The summed E-state index contributed by atoms with van der Waals surface area (Å²) in [4.78, 5) is 29.1. The lowest BCUT2D eigenvalue weighted by atomic mass is 9.84. The van der Waals surface area contributed by atoms with Crippen LogP contribution in [0.3, 0.4) is 0 Å². The lowest BCUT2D eigenvalue weighted by Crippen LogP contribution is -2.52. The minimum atomic E-state index is -0.943. The summed E-state index contributed by atoms with van der Waals surface area (Å²) in [5.74, 6) is 0.566. The first-order valence-electron chi connectivity index (χ1n) is 17.4. The van der Waals surface area contributed by atoms with Gasteiger partial charge in [-0.25, -0.2) is 4.79 Å². The molecule has 4 atom stereocenters. The van der Waals surface area contributed by atoms with Crippen molar-refractivity contribution in [1.82, 2.24) is 25.7 Å². The number of morpholine rings is 1. The fraction of sp³-hybridized carbons (Fsp3) is 0.421. The Balaban J connectivity index is 1.09. The maximum Gasteiger partial charge on any atom is 0.407 e. The SMILES string of the molecule is COC(=O)N[C@H](C(=O)Nc1ccccc1CC[C@@H]1CN[C@H](C)[C@@H](CSc2nnc(CN3CCCC3)o2)O1)C(c1ccccc1)c1ccccc1. The molecule has 50 heavy (non-hydrogen) atoms. The molecule has 3 N–H and O–H groups in total. The van der Waals surface area contributed by atoms with E-state index in [9.17, 15) is 9.59 Å². The number of aromatic nitrogens is 2. The summed E-state index contributed by atoms with van der Waals surface area (Å²) in [6, 6.07) is 26.4. The molecule has 0 unspecified atom stereocenters. The third-order valence-corrected chi connectivity index (χ3v) is 10.3. The van der Waals surface area contributed by atoms with E-state index in [2.05, 4.69) is 38.0 Å². The van der Waals surface area contributed by atoms with Gasteiger partial charge in [0, 0.05) is 29.9 Å². The van der Waals surface area contributed by atoms with Gasteiger partial charge in [-0.3, -0.25) is 9.69 Å². The Morgan fingerprint density at radius 1 is 0.980 bits per heavy atom. The number of nitrogens with zero attached hydrogens (tertiary/aromatic N) is 3. The standard InChI is InChI=1S/C38H46N6O5S/c1-26-32(25-50-38-43-42-33(49-38)24-44-21-11-12-22-44)48-30(23-39-26)20-19-27-13-9-10-18-31(27)40-36(45)35(41-37(46)47-2)34(28-14-5-3-6-15-28)29-16-7-4-8-17-29/h3-10,13-18,26,30,32,34-35,39H,11-12,19-25H2,1-2H3,(H,40,45)(H,41,46)/t26-,30-,32-,35+/m1/s1. The lowest BCUT2D eigenvalue weighted by Gasteiger charge is -2.35. The first-order valence-corrected chi connectivity index (χ1v) is 18.3. The van der Waals surface area contributed by atoms with Gasteiger partial charge in [-0.2, -0.15) is 0 Å². The van der Waals surface area contributed by atoms with Crippen molar-refractivity contribution in [3.05, 3.63) is 108 Å². The number of likely N-dealkylation sites (tertiary alicyclic amines) is 1. The van der Waals surface area contributed by atoms with Crippen LogP contribution in [0.2, 0.25) is 0 Å². The number of hydrogen-bond donors (Lipinski definition) is 3. The Hall–Kier alpha value is -4.23. The predicted molar refractivity (Wildman–Crippen MR) is 193 cm³/mol. The minimum Gasteiger partial charge on any atom is -0.453 e. The molecule has 0 radical (unpaired) electrons. The highest BCUT2D eigenvalue weighted by Gasteiger charge is 2.34. The second kappa shape index (κ2) is 17.6. The van der Waals surface area contributed by atoms with Crippen molar-refractivity contribution in [2.75, 3.05) is 37.8 Å². The van der Waals surface area contributed by atoms with Gasteiger partial charge in [0.2, 0.25) is 11.8 Å². The van der Waals surface area contributed by atoms with Crippen LogP contribution in [0, 0.1) is 0 Å². The van der Waals surface area contributed by atoms with Crippen molar-refractivity contribution < 1.29 is 23.5 Å². The van der Waals surface area contributed by atoms with Gasteiger partial charge in [-0.1, -0.05) is 90.6 Å². The summed E-state index contributed by atoms with van der Waals surface area (Å²) < 4.78 is 17.4. The topological polar surface area (TPSA) is 131 Å². The second-order valence-electron chi connectivity index (χ2n) is 12.8. The highest BCUT2D eigenvalue weighted by molar-refractivity contribution is 7.99. The average Bonchev–Trinajstić information content (AvgIpc) is 3.84. The highest BCUT2D eigenvalue weighted by atomic mass is 32.2. The zero-order chi connectivity index (χ0) is 34.7. The van der Waals surface area contributed by atoms with Crippen molar-refractivity contribution in [1.29, 1.82) is 0 Å². The number of ether oxygens (including phenoxy) is 2. The molecule has 0 saturated carbocycles. The summed E-state index contributed by atoms with van der Waals surface area (Å²) >= 11 is 1.53. The van der Waals surface area contributed by atoms with Crippen LogP contribution in [0.25, 0.3) is 0 Å². The number of methoxy groups -OCH3 is 1. The molecule has 2 amide bonds. The first-order chi connectivity index (χ1) is 24.5. The van der Waals surface area contributed by atoms with Gasteiger partial charge in [-0.15, -0.1) is 10.2 Å². The van der Waals surface area contributed by atoms with Crippen LogP contribution in [-0.4, -0.2) is 83.9 Å². The number of alkyl carbamates (subject to hydrolysis) is 1.